The highest BCUT2D eigenvalue weighted by molar-refractivity contribution is 7.92. The number of hydrogen-bond acceptors (Lipinski definition) is 14. The van der Waals surface area contributed by atoms with Gasteiger partial charge < -0.3 is 44.5 Å². The van der Waals surface area contributed by atoms with Crippen LogP contribution >= 0.6 is 11.3 Å². The van der Waals surface area contributed by atoms with E-state index in [0.717, 1.165) is 51.9 Å². The van der Waals surface area contributed by atoms with Crippen molar-refractivity contribution in [1.29, 1.82) is 0 Å². The van der Waals surface area contributed by atoms with Crippen molar-refractivity contribution in [3.8, 4) is 11.5 Å². The third-order valence-electron chi connectivity index (χ3n) is 14.3. The normalized spacial score (nSPS) is 16.5. The number of nitrogens with zero attached hydrogens (tertiary/aromatic N) is 3. The second kappa shape index (κ2) is 25.1. The first-order chi connectivity index (χ1) is 36.8. The highest BCUT2D eigenvalue weighted by atomic mass is 32.2. The lowest BCUT2D eigenvalue weighted by Crippen LogP contribution is -2.61. The summed E-state index contributed by atoms with van der Waals surface area (Å²) >= 11 is 1.56. The largest absolute Gasteiger partial charge is 0.491 e. The highest BCUT2D eigenvalue weighted by Crippen LogP contribution is 2.39. The second-order valence-corrected chi connectivity index (χ2v) is 25.4. The number of fused-ring (bicyclic) bond motifs is 4. The molecule has 1 aliphatic carbocycles. The fraction of sp³-hybridized carbons (Fsp3) is 0.475. The Labute approximate surface area is 456 Å². The van der Waals surface area contributed by atoms with Crippen molar-refractivity contribution in [1.82, 2.24) is 25.5 Å². The number of pyridine rings is 1. The maximum absolute atomic E-state index is 14.7. The van der Waals surface area contributed by atoms with Gasteiger partial charge in [-0.1, -0.05) is 65.0 Å². The number of rotatable bonds is 23. The van der Waals surface area contributed by atoms with E-state index in [4.69, 9.17) is 23.7 Å². The zero-order valence-electron chi connectivity index (χ0n) is 45.6. The number of aromatic nitrogens is 2. The van der Waals surface area contributed by atoms with Crippen LogP contribution in [0.3, 0.4) is 0 Å². The molecule has 3 heterocycles. The standard InChI is InChI=1S/C59H74N6O10S2/c1-9-38(2)55(66)64-54(58(3,4)5)57(68)65-36-41-31-43(19-17-40(41)32-50(65)56(67)63-46-16-12-14-39-13-10-11-15-44(39)46)74-29-27-72-25-23-71-24-26-73-28-30-75-51-35-48-45(34-53(51)77(69,70)59(6,7)8)47(21-22-60-48)62-42-18-20-52-49(33-42)61-37-76-52/h10-11,13,15,17-22,31,33-35,37-38,46,50,54H,9,12,14,16,23-30,32,36H2,1-8H3,(H,60,62)(H,63,67)(H,64,66)/t38-,46+,50+,54-/m1/s1. The van der Waals surface area contributed by atoms with Crippen LogP contribution in [-0.2, 0) is 57.8 Å². The lowest BCUT2D eigenvalue weighted by molar-refractivity contribution is -0.147. The van der Waals surface area contributed by atoms with E-state index < -0.39 is 32.1 Å². The van der Waals surface area contributed by atoms with Gasteiger partial charge in [0.15, 0.2) is 9.84 Å². The van der Waals surface area contributed by atoms with Crippen molar-refractivity contribution < 1.29 is 46.5 Å². The van der Waals surface area contributed by atoms with E-state index in [1.165, 1.54) is 5.56 Å². The number of hydrogen-bond donors (Lipinski definition) is 3. The van der Waals surface area contributed by atoms with Gasteiger partial charge in [0, 0.05) is 47.9 Å². The van der Waals surface area contributed by atoms with Crippen LogP contribution in [0, 0.1) is 11.3 Å². The zero-order valence-corrected chi connectivity index (χ0v) is 47.2. The quantitative estimate of drug-likeness (QED) is 0.0514. The fourth-order valence-electron chi connectivity index (χ4n) is 9.55. The number of sulfone groups is 1. The summed E-state index contributed by atoms with van der Waals surface area (Å²) in [7, 11) is -3.83. The van der Waals surface area contributed by atoms with Crippen molar-refractivity contribution in [2.24, 2.45) is 11.3 Å². The summed E-state index contributed by atoms with van der Waals surface area (Å²) in [5, 5.41) is 10.4. The molecule has 412 valence electrons. The molecule has 3 N–H and O–H groups in total. The third-order valence-corrected chi connectivity index (χ3v) is 17.6. The molecule has 1 aliphatic heterocycles. The number of carbonyl (C=O) groups is 3. The van der Waals surface area contributed by atoms with Crippen LogP contribution in [0.25, 0.3) is 21.1 Å². The van der Waals surface area contributed by atoms with Crippen LogP contribution in [0.5, 0.6) is 11.5 Å². The summed E-state index contributed by atoms with van der Waals surface area (Å²) in [5.41, 5.74) is 8.33. The predicted octanol–water partition coefficient (Wildman–Crippen LogP) is 9.69. The Morgan fingerprint density at radius 2 is 1.51 bits per heavy atom. The lowest BCUT2D eigenvalue weighted by atomic mass is 9.83. The van der Waals surface area contributed by atoms with E-state index in [0.29, 0.717) is 68.2 Å². The van der Waals surface area contributed by atoms with Crippen molar-refractivity contribution in [2.45, 2.75) is 122 Å². The van der Waals surface area contributed by atoms with Gasteiger partial charge >= 0.3 is 0 Å². The van der Waals surface area contributed by atoms with Crippen LogP contribution in [0.15, 0.2) is 95.5 Å². The van der Waals surface area contributed by atoms with Crippen LogP contribution in [-0.4, -0.2) is 111 Å². The van der Waals surface area contributed by atoms with Gasteiger partial charge in [0.25, 0.3) is 0 Å². The van der Waals surface area contributed by atoms with Gasteiger partial charge in [-0.25, -0.2) is 13.4 Å². The molecule has 8 rings (SSSR count). The first-order valence-corrected chi connectivity index (χ1v) is 29.1. The van der Waals surface area contributed by atoms with Crippen molar-refractivity contribution in [3.63, 3.8) is 0 Å². The van der Waals surface area contributed by atoms with Crippen LogP contribution in [0.1, 0.15) is 103 Å². The molecule has 18 heteroatoms. The molecular weight excluding hydrogens is 1020 g/mol. The summed E-state index contributed by atoms with van der Waals surface area (Å²) in [4.78, 5) is 53.1. The van der Waals surface area contributed by atoms with E-state index in [1.807, 2.05) is 89.2 Å². The Hall–Kier alpha value is -6.18. The Morgan fingerprint density at radius 3 is 2.22 bits per heavy atom. The first kappa shape index (κ1) is 57.0. The molecule has 6 aromatic rings. The third kappa shape index (κ3) is 13.9. The average Bonchev–Trinajstić information content (AvgIpc) is 3.90. The SMILES string of the molecule is CC[C@@H](C)C(=O)N[C@H](C(=O)N1Cc2cc(OCCOCCOCCOCCOc3cc4nccc(Nc5ccc6scnc6c5)c4cc3S(=O)(=O)C(C)(C)C)ccc2C[C@H]1C(=O)N[C@H]1CCCc2ccccc21)C(C)(C)C. The molecule has 0 bridgehead atoms. The van der Waals surface area contributed by atoms with Crippen LogP contribution < -0.4 is 25.4 Å². The van der Waals surface area contributed by atoms with Gasteiger partial charge in [-0.05, 0) is 117 Å². The molecule has 3 amide bonds. The number of amides is 3. The molecule has 0 unspecified atom stereocenters. The van der Waals surface area contributed by atoms with Gasteiger partial charge in [0.05, 0.1) is 71.7 Å². The Morgan fingerprint density at radius 1 is 0.792 bits per heavy atom. The number of thiazole rings is 1. The molecule has 4 atom stereocenters. The number of anilines is 2. The van der Waals surface area contributed by atoms with Gasteiger partial charge in [0.1, 0.15) is 41.7 Å². The highest BCUT2D eigenvalue weighted by Gasteiger charge is 2.43. The number of benzene rings is 4. The summed E-state index contributed by atoms with van der Waals surface area (Å²) in [6.45, 7) is 17.0. The minimum Gasteiger partial charge on any atom is -0.491 e. The van der Waals surface area contributed by atoms with Crippen molar-refractivity contribution in [3.05, 3.63) is 113 Å². The number of nitrogens with one attached hydrogen (secondary N) is 3. The van der Waals surface area contributed by atoms with Gasteiger partial charge in [0.2, 0.25) is 17.7 Å². The second-order valence-electron chi connectivity index (χ2n) is 21.9. The number of carbonyl (C=O) groups excluding carboxylic acids is 3. The lowest BCUT2D eigenvalue weighted by Gasteiger charge is -2.42. The van der Waals surface area contributed by atoms with Gasteiger partial charge in [-0.3, -0.25) is 19.4 Å². The van der Waals surface area contributed by atoms with E-state index in [-0.39, 0.29) is 66.7 Å². The fourth-order valence-corrected chi connectivity index (χ4v) is 11.5. The molecule has 4 aromatic carbocycles. The number of ether oxygens (including phenoxy) is 5. The van der Waals surface area contributed by atoms with Gasteiger partial charge in [-0.2, -0.15) is 0 Å². The molecule has 0 fully saturated rings. The number of aryl methyl sites for hydroxylation is 1. The predicted molar refractivity (Wildman–Crippen MR) is 301 cm³/mol. The van der Waals surface area contributed by atoms with E-state index in [1.54, 1.807) is 60.8 Å². The van der Waals surface area contributed by atoms with Crippen LogP contribution in [0.2, 0.25) is 0 Å². The molecule has 2 aromatic heterocycles. The maximum Gasteiger partial charge on any atom is 0.246 e. The topological polar surface area (TPSA) is 197 Å². The molecule has 0 spiro atoms. The van der Waals surface area contributed by atoms with Gasteiger partial charge in [-0.15, -0.1) is 11.3 Å². The Bertz CT molecular complexity index is 3150. The van der Waals surface area contributed by atoms with Crippen molar-refractivity contribution in [2.75, 3.05) is 58.2 Å². The molecule has 77 heavy (non-hydrogen) atoms. The molecule has 0 radical (unpaired) electrons. The molecule has 2 aliphatic rings. The van der Waals surface area contributed by atoms with Crippen LogP contribution in [0.4, 0.5) is 11.4 Å². The Kier molecular flexibility index (Phi) is 18.6. The van der Waals surface area contributed by atoms with E-state index in [2.05, 4.69) is 38.1 Å². The minimum atomic E-state index is -3.83. The molecule has 0 saturated heterocycles. The maximum atomic E-state index is 14.7. The smallest absolute Gasteiger partial charge is 0.246 e. The Balaban J connectivity index is 0.795. The summed E-state index contributed by atoms with van der Waals surface area (Å²) in [5.74, 6) is -0.144. The molecular formula is C59H74N6O10S2. The summed E-state index contributed by atoms with van der Waals surface area (Å²) in [6, 6.07) is 23.2. The van der Waals surface area contributed by atoms with E-state index in [9.17, 15) is 22.8 Å². The average molecular weight is 1090 g/mol. The summed E-state index contributed by atoms with van der Waals surface area (Å²) in [6.07, 6.45) is 5.37. The molecule has 16 nitrogen and oxygen atoms in total. The first-order valence-electron chi connectivity index (χ1n) is 26.7. The van der Waals surface area contributed by atoms with E-state index >= 15 is 0 Å². The van der Waals surface area contributed by atoms with Crippen molar-refractivity contribution >= 4 is 71.4 Å². The monoisotopic (exact) mass is 1090 g/mol. The molecule has 0 saturated carbocycles. The zero-order chi connectivity index (χ0) is 54.9. The minimum absolute atomic E-state index is 0.0764. The summed E-state index contributed by atoms with van der Waals surface area (Å²) < 4.78 is 57.3.